The molecular weight excluding hydrogens is 1860 g/mol. The maximum atomic E-state index is 13.8. The van der Waals surface area contributed by atoms with Gasteiger partial charge in [0.25, 0.3) is 0 Å². The van der Waals surface area contributed by atoms with Crippen LogP contribution < -0.4 is 19.9 Å². The van der Waals surface area contributed by atoms with Crippen molar-refractivity contribution in [2.45, 2.75) is 259 Å². The number of likely N-dealkylation sites (tertiary alicyclic amines) is 3. The third-order valence-corrected chi connectivity index (χ3v) is 27.0. The standard InChI is InChI=1S/C32H31NO11.C30H33NO12.C26H30N2O9.2C2HF3O.3CH4/c1-17(35)41-22(29(37)38)15-24(36)43-27(18-6-4-3-5-7-18)30(39)42-21-10-11-32(40)23-14-19-8-9-20(16-34)26-25(19)31(32,28(21)44-26)12-13-33(23)2;1-14(33)11-20(26(35)36)42-28(38)23(40-16(3)34)15(2)27(37)41-19-7-8-30(39)21-12-17-5-6-18(13-32)24-22(17)29(30,25(19)43-24)9-10-31(21)4;1-13(35-19(30)6-5-16(27)23(31)32)24(33)36-17-7-8-26(34)18-11-14-3-4-15(12-29)21-20(14)25(26,22(17)37-21)9-10-28(18)2;2*3-2(4,5)1-6;;;/h3-10,16,22-23,27-28,40H,11-15H2,1-2H3,(H,37,38);5-7,13,15,20-21,23,25,39H,8-12H2,1-4H3,(H,35,36);3-4,7,12-13,16,18,22,34H,5-6,8-11,27H2,1-2H3,(H,31,32);2*1H;3*1H4/t22-,23+,27-,28-,31-,32+;15-,20+,21-,23-,25+,29+,30-;13-,16?,18+,22-,25-,26+;;;;;/m010...../s1. The van der Waals surface area contributed by atoms with Crippen molar-refractivity contribution in [3.05, 3.63) is 158 Å². The molecule has 0 radical (unpaired) electrons. The Balaban J connectivity index is 0.000000218. The third-order valence-electron chi connectivity index (χ3n) is 27.0. The number of halogens is 6. The van der Waals surface area contributed by atoms with Crippen LogP contribution in [-0.4, -0.2) is 285 Å². The Morgan fingerprint density at radius 1 is 0.475 bits per heavy atom. The molecule has 6 aliphatic heterocycles. The first kappa shape index (κ1) is 110. The smallest absolute Gasteiger partial charge is 0.446 e. The number of hydrogen-bond donors (Lipinski definition) is 7. The molecule has 0 aromatic heterocycles. The molecule has 3 spiro atoms. The zero-order valence-electron chi connectivity index (χ0n) is 74.1. The average molecular weight is 1960 g/mol. The number of carboxylic acids is 3. The summed E-state index contributed by atoms with van der Waals surface area (Å²) >= 11 is 0. The number of alkyl halides is 6. The van der Waals surface area contributed by atoms with Crippen molar-refractivity contribution in [2.75, 3.05) is 40.8 Å². The highest BCUT2D eigenvalue weighted by atomic mass is 19.4. The predicted octanol–water partition coefficient (Wildman–Crippen LogP) is 6.72. The maximum absolute atomic E-state index is 13.8. The molecule has 139 heavy (non-hydrogen) atoms. The number of benzene rings is 4. The fourth-order valence-electron chi connectivity index (χ4n) is 20.9. The largest absolute Gasteiger partial charge is 0.480 e. The van der Waals surface area contributed by atoms with Gasteiger partial charge in [-0.1, -0.05) is 70.8 Å². The highest BCUT2D eigenvalue weighted by Crippen LogP contribution is 2.68. The van der Waals surface area contributed by atoms with E-state index in [1.165, 1.54) is 13.8 Å². The van der Waals surface area contributed by atoms with Gasteiger partial charge in [-0.25, -0.2) is 24.0 Å². The Labute approximate surface area is 791 Å². The number of likely N-dealkylation sites (N-methyl/N-ethyl adjacent to an activating group) is 3. The number of aliphatic carboxylic acids is 3. The SMILES string of the molecule is C.C.C.CC(=O)C[C@H](OC(=O)[C@H](OC(C)=O)[C@@H](C)C(=O)OC1=CC[C@@]2(O)[C@H]3Cc4ccc(C=O)c5c4[C@@]2(CCN3C)[C@H]1O5)C(=O)O.CC(=O)O[C@@H](CC(=O)O[C@H](C(=O)OC1=CC[C@@]2(O)[C@H]3Cc4ccc(C=O)c5c4[C@@]2(CCN3C)[C@H]1O5)c1ccccc1)C(=O)O.C[C@H](OC(=O)CCC(N)C(=O)O)C(=O)OC1=CC[C@@]2(O)[C@H]3Cc4ccc(C=O)c5c4[C@@]2(CCN3C)[C@H]1O5.O=CC(F)(F)F.O=CC(F)(F)F. The molecule has 6 heterocycles. The van der Waals surface area contributed by atoms with E-state index in [1.807, 2.05) is 39.3 Å². The first-order chi connectivity index (χ1) is 63.9. The minimum Gasteiger partial charge on any atom is -0.480 e. The molecule has 16 rings (SSSR count). The van der Waals surface area contributed by atoms with Crippen LogP contribution in [0.1, 0.15) is 197 Å². The minimum absolute atomic E-state index is 0. The monoisotopic (exact) mass is 1960 g/mol. The van der Waals surface area contributed by atoms with Gasteiger partial charge in [-0.15, -0.1) is 0 Å². The van der Waals surface area contributed by atoms with Gasteiger partial charge in [0.15, 0.2) is 43.3 Å². The normalized spacial score (nSPS) is 26.7. The van der Waals surface area contributed by atoms with E-state index in [0.29, 0.717) is 105 Å². The predicted molar refractivity (Wildman–Crippen MR) is 465 cm³/mol. The van der Waals surface area contributed by atoms with Crippen LogP contribution in [0, 0.1) is 5.92 Å². The lowest BCUT2D eigenvalue weighted by atomic mass is 9.50. The second kappa shape index (κ2) is 42.4. The van der Waals surface area contributed by atoms with Gasteiger partial charge >= 0.3 is 78.0 Å². The number of nitrogens with two attached hydrogens (primary N) is 1. The Kier molecular flexibility index (Phi) is 33.4. The zero-order valence-corrected chi connectivity index (χ0v) is 74.1. The quantitative estimate of drug-likeness (QED) is 0.0141. The molecule has 0 amide bonds. The van der Waals surface area contributed by atoms with E-state index in [4.69, 9.17) is 72.5 Å². The average Bonchev–Trinajstić information content (AvgIpc) is 1.55. The summed E-state index contributed by atoms with van der Waals surface area (Å²) in [6.07, 6.45) is -13.9. The number of carbonyl (C=O) groups is 17. The number of piperidine rings is 3. The van der Waals surface area contributed by atoms with E-state index in [1.54, 1.807) is 66.8 Å². The van der Waals surface area contributed by atoms with Gasteiger partial charge in [0.05, 0.1) is 62.6 Å². The second-order valence-corrected chi connectivity index (χ2v) is 35.0. The Hall–Kier alpha value is -13.0. The maximum Gasteiger partial charge on any atom is 0.446 e. The number of esters is 8. The summed E-state index contributed by atoms with van der Waals surface area (Å²) < 4.78 is 124. The molecule has 44 heteroatoms. The van der Waals surface area contributed by atoms with Crippen LogP contribution in [-0.2, 0) is 141 Å². The van der Waals surface area contributed by atoms with Gasteiger partial charge in [-0.2, -0.15) is 26.3 Å². The lowest BCUT2D eigenvalue weighted by molar-refractivity contribution is -0.184. The van der Waals surface area contributed by atoms with Crippen LogP contribution in [0.2, 0.25) is 0 Å². The molecule has 3 saturated heterocycles. The summed E-state index contributed by atoms with van der Waals surface area (Å²) in [6, 6.07) is 16.9. The van der Waals surface area contributed by atoms with E-state index in [-0.39, 0.29) is 95.4 Å². The number of Topliss-reactive ketones (excluding diaryl/α,β-unsaturated/α-hetero) is 1. The van der Waals surface area contributed by atoms with Gasteiger partial charge in [-0.05, 0) is 160 Å². The van der Waals surface area contributed by atoms with E-state index in [9.17, 15) is 124 Å². The minimum atomic E-state index is -4.64. The van der Waals surface area contributed by atoms with Crippen molar-refractivity contribution in [1.29, 1.82) is 0 Å². The number of ketones is 1. The van der Waals surface area contributed by atoms with Crippen LogP contribution in [0.3, 0.4) is 0 Å². The highest BCUT2D eigenvalue weighted by Gasteiger charge is 2.76. The van der Waals surface area contributed by atoms with E-state index < -0.39 is 203 Å². The third kappa shape index (κ3) is 20.5. The highest BCUT2D eigenvalue weighted by molar-refractivity contribution is 5.92. The molecular formula is C95H108F6N4O34. The number of rotatable bonds is 27. The van der Waals surface area contributed by atoms with Gasteiger partial charge in [0.2, 0.25) is 37.0 Å². The van der Waals surface area contributed by atoms with Gasteiger partial charge in [0, 0.05) is 79.9 Å². The molecule has 3 fully saturated rings. The Morgan fingerprint density at radius 3 is 1.17 bits per heavy atom. The van der Waals surface area contributed by atoms with Crippen molar-refractivity contribution in [2.24, 2.45) is 11.7 Å². The number of carboxylic acid groups (broad SMARTS) is 3. The number of aliphatic hydroxyl groups is 3. The summed E-state index contributed by atoms with van der Waals surface area (Å²) in [5, 5.41) is 64.3. The molecule has 4 aromatic carbocycles. The fourth-order valence-corrected chi connectivity index (χ4v) is 20.9. The number of carbonyl (C=O) groups excluding carboxylic acids is 14. The number of nitrogens with zero attached hydrogens (tertiary/aromatic N) is 3. The number of hydrogen-bond acceptors (Lipinski definition) is 35. The van der Waals surface area contributed by atoms with E-state index in [2.05, 4.69) is 14.7 Å². The number of aldehydes is 5. The topological polar surface area (TPSA) is 549 Å². The molecule has 754 valence electrons. The lowest BCUT2D eigenvalue weighted by Crippen LogP contribution is -2.74. The molecule has 1 unspecified atom stereocenters. The first-order valence-corrected chi connectivity index (χ1v) is 42.8. The Morgan fingerprint density at radius 2 is 0.835 bits per heavy atom. The van der Waals surface area contributed by atoms with Crippen LogP contribution in [0.15, 0.2) is 102 Å². The summed E-state index contributed by atoms with van der Waals surface area (Å²) in [4.78, 5) is 206. The lowest BCUT2D eigenvalue weighted by Gasteiger charge is -2.61. The van der Waals surface area contributed by atoms with Crippen molar-refractivity contribution in [3.63, 3.8) is 0 Å². The van der Waals surface area contributed by atoms with Crippen LogP contribution in [0.25, 0.3) is 0 Å². The van der Waals surface area contributed by atoms with Gasteiger partial charge in [0.1, 0.15) is 52.3 Å². The zero-order chi connectivity index (χ0) is 99.9. The van der Waals surface area contributed by atoms with Crippen LogP contribution in [0.4, 0.5) is 26.3 Å². The van der Waals surface area contributed by atoms with Crippen molar-refractivity contribution >= 4 is 103 Å². The number of ether oxygens (including phenoxy) is 11. The van der Waals surface area contributed by atoms with E-state index in [0.717, 1.165) is 60.4 Å². The summed E-state index contributed by atoms with van der Waals surface area (Å²) in [5.74, 6) is -12.8. The molecule has 6 bridgehead atoms. The molecule has 6 aliphatic carbocycles. The van der Waals surface area contributed by atoms with Crippen molar-refractivity contribution < 1.29 is 191 Å². The van der Waals surface area contributed by atoms with Gasteiger partial charge in [-0.3, -0.25) is 57.5 Å². The summed E-state index contributed by atoms with van der Waals surface area (Å²) in [6.45, 7) is 7.66. The first-order valence-electron chi connectivity index (χ1n) is 42.8. The molecule has 19 atom stereocenters. The van der Waals surface area contributed by atoms with Crippen LogP contribution in [0.5, 0.6) is 17.2 Å². The summed E-state index contributed by atoms with van der Waals surface area (Å²) in [7, 11) is 5.87. The molecule has 4 aromatic rings. The van der Waals surface area contributed by atoms with E-state index >= 15 is 0 Å². The van der Waals surface area contributed by atoms with Crippen LogP contribution >= 0.6 is 0 Å². The summed E-state index contributed by atoms with van der Waals surface area (Å²) in [5.41, 5.74) is 5.19. The Bertz CT molecular complexity index is 5610. The second-order valence-electron chi connectivity index (χ2n) is 35.0. The fraction of sp³-hybridized carbons (Fsp3) is 0.505. The molecule has 12 aliphatic rings. The van der Waals surface area contributed by atoms with Crippen molar-refractivity contribution in [1.82, 2.24) is 14.7 Å². The molecule has 38 nitrogen and oxygen atoms in total. The molecule has 8 N–H and O–H groups in total. The van der Waals surface area contributed by atoms with Gasteiger partial charge < -0.3 is 103 Å². The molecule has 0 saturated carbocycles. The van der Waals surface area contributed by atoms with Crippen molar-refractivity contribution in [3.8, 4) is 17.2 Å².